The van der Waals surface area contributed by atoms with Crippen LogP contribution in [-0.2, 0) is 25.8 Å². The van der Waals surface area contributed by atoms with Crippen LogP contribution in [0.1, 0.15) is 92.2 Å². The van der Waals surface area contributed by atoms with Crippen molar-refractivity contribution in [1.82, 2.24) is 39.9 Å². The van der Waals surface area contributed by atoms with Gasteiger partial charge in [-0.25, -0.2) is 29.9 Å². The predicted molar refractivity (Wildman–Crippen MR) is 239 cm³/mol. The Hall–Kier alpha value is -5.73. The van der Waals surface area contributed by atoms with E-state index in [1.54, 1.807) is 12.7 Å². The number of ether oxygens (including phenoxy) is 2. The molecule has 8 aromatic rings. The molecule has 2 fully saturated rings. The van der Waals surface area contributed by atoms with E-state index >= 15 is 0 Å². The zero-order valence-corrected chi connectivity index (χ0v) is 35.1. The third kappa shape index (κ3) is 9.60. The lowest BCUT2D eigenvalue weighted by molar-refractivity contribution is 0.0672. The Kier molecular flexibility index (Phi) is 13.0. The fraction of sp³-hybridized carbons (Fsp3) is 0.362. The number of hydrogen-bond donors (Lipinski definition) is 5. The van der Waals surface area contributed by atoms with Crippen LogP contribution in [0.15, 0.2) is 85.7 Å². The molecule has 13 nitrogen and oxygen atoms in total. The van der Waals surface area contributed by atoms with Crippen molar-refractivity contribution in [3.05, 3.63) is 120 Å². The van der Waals surface area contributed by atoms with Gasteiger partial charge in [0.25, 0.3) is 0 Å². The molecule has 0 unspecified atom stereocenters. The van der Waals surface area contributed by atoms with Crippen molar-refractivity contribution >= 4 is 56.3 Å². The van der Waals surface area contributed by atoms with Gasteiger partial charge in [0.05, 0.1) is 59.1 Å². The van der Waals surface area contributed by atoms with Gasteiger partial charge in [-0.2, -0.15) is 0 Å². The molecule has 0 radical (unpaired) electrons. The normalized spacial score (nSPS) is 19.1. The second-order valence-corrected chi connectivity index (χ2v) is 16.1. The number of hydrogen-bond acceptors (Lipinski definition) is 11. The van der Waals surface area contributed by atoms with Gasteiger partial charge in [0, 0.05) is 42.6 Å². The van der Waals surface area contributed by atoms with Crippen LogP contribution in [0.25, 0.3) is 43.9 Å². The van der Waals surface area contributed by atoms with E-state index in [0.29, 0.717) is 19.4 Å². The molecule has 0 amide bonds. The Morgan fingerprint density at radius 2 is 1.07 bits per heavy atom. The fourth-order valence-electron chi connectivity index (χ4n) is 8.55. The van der Waals surface area contributed by atoms with Crippen LogP contribution >= 0.6 is 12.4 Å². The summed E-state index contributed by atoms with van der Waals surface area (Å²) in [6.45, 7) is 2.58. The first-order valence-corrected chi connectivity index (χ1v) is 21.2. The highest BCUT2D eigenvalue weighted by Gasteiger charge is 2.23. The van der Waals surface area contributed by atoms with Gasteiger partial charge in [0.2, 0.25) is 0 Å². The second kappa shape index (κ2) is 18.9. The van der Waals surface area contributed by atoms with Crippen LogP contribution in [-0.4, -0.2) is 74.5 Å². The van der Waals surface area contributed by atoms with Gasteiger partial charge in [-0.15, -0.1) is 12.4 Å². The summed E-state index contributed by atoms with van der Waals surface area (Å²) in [7, 11) is 0. The molecule has 2 saturated carbocycles. The summed E-state index contributed by atoms with van der Waals surface area (Å²) in [5.41, 5.74) is 16.1. The molecule has 0 aliphatic heterocycles. The van der Waals surface area contributed by atoms with Crippen molar-refractivity contribution in [2.75, 3.05) is 0 Å². The van der Waals surface area contributed by atoms with E-state index in [2.05, 4.69) is 61.1 Å². The number of nitrogens with zero attached hydrogens (tertiary/aromatic N) is 6. The van der Waals surface area contributed by atoms with Crippen LogP contribution in [0.5, 0.6) is 11.5 Å². The molecule has 4 aromatic heterocycles. The summed E-state index contributed by atoms with van der Waals surface area (Å²) in [6, 6.07) is 20.4. The molecule has 4 heterocycles. The number of aliphatic hydroxyl groups excluding tert-OH is 2. The Balaban J connectivity index is 0.000000166. The van der Waals surface area contributed by atoms with Gasteiger partial charge >= 0.3 is 0 Å². The standard InChI is InChI=1S/C24H26N4O2.C23H25N5O2.ClH/c1-2-16-10-15(11-20-23(16)27-14-26-20)12-22-25-13-17-4-3-5-21(24(17)28-22)30-19-8-6-18(29)7-9-19;24-11-16-8-14(9-19-22(16)27-13-26-19)10-21-25-12-15-2-1-3-20(23(15)28-21)30-18-6-4-17(29)5-7-18;/h3-5,10-11,13-14,18-19,29H,2,6-9,12H2,1H3,(H,26,27);1-3,8-9,12-13,17-18,29H,4-7,10-11,24H2,(H,26,27);1H. The van der Waals surface area contributed by atoms with Crippen LogP contribution < -0.4 is 15.2 Å². The van der Waals surface area contributed by atoms with Crippen molar-refractivity contribution < 1.29 is 19.7 Å². The van der Waals surface area contributed by atoms with Crippen LogP contribution in [0.3, 0.4) is 0 Å². The lowest BCUT2D eigenvalue weighted by atomic mass is 9.95. The molecule has 0 spiro atoms. The number of benzene rings is 4. The number of rotatable bonds is 10. The first kappa shape index (κ1) is 42.0. The molecule has 10 rings (SSSR count). The molecular weight excluding hydrogens is 790 g/mol. The smallest absolute Gasteiger partial charge is 0.146 e. The minimum Gasteiger partial charge on any atom is -0.488 e. The van der Waals surface area contributed by atoms with Crippen molar-refractivity contribution in [1.29, 1.82) is 0 Å². The van der Waals surface area contributed by atoms with E-state index in [9.17, 15) is 10.2 Å². The van der Waals surface area contributed by atoms with Crippen molar-refractivity contribution in [3.8, 4) is 11.5 Å². The van der Waals surface area contributed by atoms with Crippen LogP contribution in [0, 0.1) is 0 Å². The number of para-hydroxylation sites is 2. The number of nitrogens with two attached hydrogens (primary N) is 1. The first-order chi connectivity index (χ1) is 29.4. The molecule has 2 aliphatic rings. The monoisotopic (exact) mass is 841 g/mol. The zero-order valence-electron chi connectivity index (χ0n) is 34.3. The van der Waals surface area contributed by atoms with Crippen LogP contribution in [0.4, 0.5) is 0 Å². The van der Waals surface area contributed by atoms with E-state index < -0.39 is 0 Å². The van der Waals surface area contributed by atoms with E-state index in [1.807, 2.05) is 48.8 Å². The number of aromatic amines is 2. The predicted octanol–water partition coefficient (Wildman–Crippen LogP) is 8.00. The number of imidazole rings is 2. The van der Waals surface area contributed by atoms with Gasteiger partial charge in [0.15, 0.2) is 0 Å². The zero-order chi connectivity index (χ0) is 41.0. The van der Waals surface area contributed by atoms with E-state index in [-0.39, 0.29) is 36.8 Å². The lowest BCUT2D eigenvalue weighted by Gasteiger charge is -2.26. The number of aliphatic hydroxyl groups is 2. The molecule has 0 atom stereocenters. The SMILES string of the molecule is CCc1cc(Cc2ncc3cccc(OC4CCC(O)CC4)c3n2)cc2[nH]cnc12.Cl.NCc1cc(Cc2ncc3cccc(OC4CCC(O)CC4)c3n2)cc2[nH]cnc12. The molecule has 316 valence electrons. The van der Waals surface area contributed by atoms with Crippen molar-refractivity contribution in [2.45, 2.75) is 109 Å². The minimum atomic E-state index is -0.197. The molecule has 0 saturated heterocycles. The van der Waals surface area contributed by atoms with Crippen molar-refractivity contribution in [3.63, 3.8) is 0 Å². The molecule has 4 aromatic carbocycles. The number of nitrogens with one attached hydrogen (secondary N) is 2. The quantitative estimate of drug-likeness (QED) is 0.0896. The molecule has 0 bridgehead atoms. The number of fused-ring (bicyclic) bond motifs is 4. The largest absolute Gasteiger partial charge is 0.488 e. The maximum Gasteiger partial charge on any atom is 0.146 e. The van der Waals surface area contributed by atoms with E-state index in [4.69, 9.17) is 25.2 Å². The van der Waals surface area contributed by atoms with Gasteiger partial charge in [-0.3, -0.25) is 0 Å². The third-order valence-electron chi connectivity index (χ3n) is 11.8. The first-order valence-electron chi connectivity index (χ1n) is 21.2. The average molecular weight is 842 g/mol. The summed E-state index contributed by atoms with van der Waals surface area (Å²) in [4.78, 5) is 34.0. The third-order valence-corrected chi connectivity index (χ3v) is 11.8. The summed E-state index contributed by atoms with van der Waals surface area (Å²) in [5.74, 6) is 3.10. The maximum absolute atomic E-state index is 9.75. The van der Waals surface area contributed by atoms with E-state index in [0.717, 1.165) is 136 Å². The fourth-order valence-corrected chi connectivity index (χ4v) is 8.55. The summed E-state index contributed by atoms with van der Waals surface area (Å²) in [6.07, 6.45) is 15.9. The number of aromatic nitrogens is 8. The van der Waals surface area contributed by atoms with Crippen LogP contribution in [0.2, 0.25) is 0 Å². The lowest BCUT2D eigenvalue weighted by Crippen LogP contribution is -2.26. The van der Waals surface area contributed by atoms with Gasteiger partial charge in [0.1, 0.15) is 34.2 Å². The Bertz CT molecular complexity index is 2550. The summed E-state index contributed by atoms with van der Waals surface area (Å²) >= 11 is 0. The highest BCUT2D eigenvalue weighted by Crippen LogP contribution is 2.31. The molecule has 2 aliphatic carbocycles. The summed E-state index contributed by atoms with van der Waals surface area (Å²) in [5, 5.41) is 21.4. The van der Waals surface area contributed by atoms with Gasteiger partial charge < -0.3 is 35.4 Å². The number of H-pyrrole nitrogens is 2. The summed E-state index contributed by atoms with van der Waals surface area (Å²) < 4.78 is 12.6. The highest BCUT2D eigenvalue weighted by molar-refractivity contribution is 5.86. The molecule has 6 N–H and O–H groups in total. The van der Waals surface area contributed by atoms with Crippen molar-refractivity contribution in [2.24, 2.45) is 5.73 Å². The number of aryl methyl sites for hydroxylation is 1. The Morgan fingerprint density at radius 1 is 0.607 bits per heavy atom. The Morgan fingerprint density at radius 3 is 1.52 bits per heavy atom. The molecule has 14 heteroatoms. The van der Waals surface area contributed by atoms with Gasteiger partial charge in [-0.05, 0) is 104 Å². The number of halogens is 1. The maximum atomic E-state index is 9.75. The van der Waals surface area contributed by atoms with Gasteiger partial charge in [-0.1, -0.05) is 43.3 Å². The topological polar surface area (TPSA) is 194 Å². The van der Waals surface area contributed by atoms with E-state index in [1.165, 1.54) is 11.1 Å². The molecular formula is C47H52ClN9O4. The highest BCUT2D eigenvalue weighted by atomic mass is 35.5. The second-order valence-electron chi connectivity index (χ2n) is 16.1. The minimum absolute atomic E-state index is 0. The average Bonchev–Trinajstić information content (AvgIpc) is 3.96. The molecule has 61 heavy (non-hydrogen) atoms. The Labute approximate surface area is 360 Å².